The minimum atomic E-state index is -4.30. The Labute approximate surface area is 216 Å². The molecule has 0 fully saturated rings. The quantitative estimate of drug-likeness (QED) is 0.383. The number of anilines is 1. The van der Waals surface area contributed by atoms with E-state index in [4.69, 9.17) is 14.2 Å². The second-order valence-corrected chi connectivity index (χ2v) is 10.9. The summed E-state index contributed by atoms with van der Waals surface area (Å²) < 4.78 is 44.9. The highest BCUT2D eigenvalue weighted by Crippen LogP contribution is 2.37. The molecule has 0 unspecified atom stereocenters. The third-order valence-electron chi connectivity index (χ3n) is 5.06. The lowest BCUT2D eigenvalue weighted by atomic mass is 10.1. The number of nitrogens with zero attached hydrogens (tertiary/aromatic N) is 1. The molecule has 10 heteroatoms. The van der Waals surface area contributed by atoms with E-state index in [0.29, 0.717) is 11.3 Å². The number of carboxylic acids is 1. The fraction of sp³-hybridized carbons (Fsp3) is 0.259. The van der Waals surface area contributed by atoms with Crippen molar-refractivity contribution in [2.24, 2.45) is 0 Å². The van der Waals surface area contributed by atoms with Crippen LogP contribution in [0.25, 0.3) is 0 Å². The molecule has 0 bridgehead atoms. The number of carbonyl (C=O) groups is 2. The van der Waals surface area contributed by atoms with Gasteiger partial charge in [-0.25, -0.2) is 18.0 Å². The second-order valence-electron chi connectivity index (χ2n) is 9.01. The van der Waals surface area contributed by atoms with Crippen molar-refractivity contribution >= 4 is 27.6 Å². The number of esters is 1. The lowest BCUT2D eigenvalue weighted by molar-refractivity contribution is -0.157. The van der Waals surface area contributed by atoms with Crippen LogP contribution in [-0.4, -0.2) is 44.8 Å². The molecule has 0 atom stereocenters. The average Bonchev–Trinajstić information content (AvgIpc) is 2.85. The van der Waals surface area contributed by atoms with E-state index in [2.05, 4.69) is 0 Å². The Bertz CT molecular complexity index is 1350. The topological polar surface area (TPSA) is 119 Å². The van der Waals surface area contributed by atoms with Crippen molar-refractivity contribution < 1.29 is 37.3 Å². The van der Waals surface area contributed by atoms with E-state index in [9.17, 15) is 23.1 Å². The molecular formula is C27H29NO8S. The van der Waals surface area contributed by atoms with Crippen LogP contribution >= 0.6 is 0 Å². The van der Waals surface area contributed by atoms with E-state index in [-0.39, 0.29) is 28.4 Å². The van der Waals surface area contributed by atoms with Crippen LogP contribution in [0.3, 0.4) is 0 Å². The van der Waals surface area contributed by atoms with Gasteiger partial charge in [0.05, 0.1) is 24.1 Å². The first-order valence-corrected chi connectivity index (χ1v) is 12.8. The maximum absolute atomic E-state index is 13.9. The number of rotatable bonds is 10. The van der Waals surface area contributed by atoms with Crippen molar-refractivity contribution in [3.63, 3.8) is 0 Å². The molecule has 0 aliphatic rings. The van der Waals surface area contributed by atoms with Gasteiger partial charge in [-0.3, -0.25) is 4.31 Å². The summed E-state index contributed by atoms with van der Waals surface area (Å²) in [5.41, 5.74) is -0.672. The number of benzene rings is 3. The van der Waals surface area contributed by atoms with E-state index in [1.165, 1.54) is 49.6 Å². The Balaban J connectivity index is 2.15. The first kappa shape index (κ1) is 27.5. The van der Waals surface area contributed by atoms with E-state index in [1.807, 2.05) is 0 Å². The van der Waals surface area contributed by atoms with E-state index >= 15 is 0 Å². The highest BCUT2D eigenvalue weighted by molar-refractivity contribution is 7.92. The van der Waals surface area contributed by atoms with E-state index in [1.54, 1.807) is 51.1 Å². The molecule has 9 nitrogen and oxygen atoms in total. The zero-order valence-corrected chi connectivity index (χ0v) is 21.8. The Morgan fingerprint density at radius 2 is 1.57 bits per heavy atom. The summed E-state index contributed by atoms with van der Waals surface area (Å²) in [5.74, 6) is -1.69. The normalized spacial score (nSPS) is 11.5. The molecular weight excluding hydrogens is 498 g/mol. The predicted molar refractivity (Wildman–Crippen MR) is 138 cm³/mol. The van der Waals surface area contributed by atoms with Gasteiger partial charge in [-0.05, 0) is 62.7 Å². The standard InChI is InChI=1S/C27H29NO8S/c1-27(2,3)36-24(29)18-35-23-12-8-11-22(26(30)31)25(23)28(17-19-9-6-5-7-10-19)37(32,33)21-15-13-20(34-4)14-16-21/h5-16H,17-18H2,1-4H3,(H,30,31). The summed E-state index contributed by atoms with van der Waals surface area (Å²) in [6.45, 7) is 4.36. The summed E-state index contributed by atoms with van der Waals surface area (Å²) in [5, 5.41) is 9.95. The van der Waals surface area contributed by atoms with Crippen LogP contribution in [0.15, 0.2) is 77.7 Å². The Kier molecular flexibility index (Phi) is 8.44. The molecule has 3 rings (SSSR count). The van der Waals surface area contributed by atoms with Gasteiger partial charge in [0.15, 0.2) is 6.61 Å². The van der Waals surface area contributed by atoms with E-state index < -0.39 is 34.2 Å². The number of hydrogen-bond donors (Lipinski definition) is 1. The highest BCUT2D eigenvalue weighted by Gasteiger charge is 2.32. The third-order valence-corrected chi connectivity index (χ3v) is 6.82. The molecule has 0 aliphatic carbocycles. The molecule has 196 valence electrons. The van der Waals surface area contributed by atoms with Crippen molar-refractivity contribution in [1.29, 1.82) is 0 Å². The molecule has 0 aliphatic heterocycles. The summed E-state index contributed by atoms with van der Waals surface area (Å²) in [7, 11) is -2.84. The minimum absolute atomic E-state index is 0.0810. The maximum atomic E-state index is 13.9. The molecule has 0 aromatic heterocycles. The maximum Gasteiger partial charge on any atom is 0.344 e. The van der Waals surface area contributed by atoms with Gasteiger partial charge in [0.1, 0.15) is 22.8 Å². The highest BCUT2D eigenvalue weighted by atomic mass is 32.2. The summed E-state index contributed by atoms with van der Waals surface area (Å²) >= 11 is 0. The van der Waals surface area contributed by atoms with Crippen molar-refractivity contribution in [1.82, 2.24) is 0 Å². The van der Waals surface area contributed by atoms with Gasteiger partial charge in [-0.1, -0.05) is 36.4 Å². The molecule has 3 aromatic carbocycles. The van der Waals surface area contributed by atoms with Crippen molar-refractivity contribution in [3.8, 4) is 11.5 Å². The van der Waals surface area contributed by atoms with Crippen LogP contribution in [0.2, 0.25) is 0 Å². The second kappa shape index (κ2) is 11.3. The number of carboxylic acid groups (broad SMARTS) is 1. The number of para-hydroxylation sites is 1. The number of hydrogen-bond acceptors (Lipinski definition) is 7. The zero-order valence-electron chi connectivity index (χ0n) is 21.0. The van der Waals surface area contributed by atoms with Crippen LogP contribution < -0.4 is 13.8 Å². The lowest BCUT2D eigenvalue weighted by Gasteiger charge is -2.28. The van der Waals surface area contributed by atoms with Gasteiger partial charge < -0.3 is 19.3 Å². The van der Waals surface area contributed by atoms with Gasteiger partial charge in [0, 0.05) is 0 Å². The van der Waals surface area contributed by atoms with Crippen LogP contribution in [0.5, 0.6) is 11.5 Å². The Hall–Kier alpha value is -4.05. The van der Waals surface area contributed by atoms with Gasteiger partial charge >= 0.3 is 11.9 Å². The van der Waals surface area contributed by atoms with Gasteiger partial charge in [0.2, 0.25) is 0 Å². The molecule has 0 spiro atoms. The SMILES string of the molecule is COc1ccc(S(=O)(=O)N(Cc2ccccc2)c2c(OCC(=O)OC(C)(C)C)cccc2C(=O)O)cc1. The predicted octanol–water partition coefficient (Wildman–Crippen LogP) is 4.51. The summed E-state index contributed by atoms with van der Waals surface area (Å²) in [6, 6.07) is 18.6. The summed E-state index contributed by atoms with van der Waals surface area (Å²) in [4.78, 5) is 24.4. The average molecular weight is 528 g/mol. The lowest BCUT2D eigenvalue weighted by Crippen LogP contribution is -2.33. The molecule has 0 heterocycles. The molecule has 0 saturated heterocycles. The largest absolute Gasteiger partial charge is 0.497 e. The number of aromatic carboxylic acids is 1. The summed E-state index contributed by atoms with van der Waals surface area (Å²) in [6.07, 6.45) is 0. The zero-order chi connectivity index (χ0) is 27.2. The molecule has 3 aromatic rings. The van der Waals surface area contributed by atoms with Crippen molar-refractivity contribution in [2.45, 2.75) is 37.8 Å². The number of sulfonamides is 1. The first-order valence-electron chi connectivity index (χ1n) is 11.3. The van der Waals surface area contributed by atoms with Gasteiger partial charge in [0.25, 0.3) is 10.0 Å². The molecule has 1 N–H and O–H groups in total. The van der Waals surface area contributed by atoms with Crippen LogP contribution in [-0.2, 0) is 26.1 Å². The molecule has 0 saturated carbocycles. The van der Waals surface area contributed by atoms with Crippen molar-refractivity contribution in [3.05, 3.63) is 83.9 Å². The third kappa shape index (κ3) is 7.01. The monoisotopic (exact) mass is 527 g/mol. The number of ether oxygens (including phenoxy) is 3. The minimum Gasteiger partial charge on any atom is -0.497 e. The molecule has 37 heavy (non-hydrogen) atoms. The molecule has 0 amide bonds. The Morgan fingerprint density at radius 1 is 0.919 bits per heavy atom. The van der Waals surface area contributed by atoms with Crippen LogP contribution in [0.1, 0.15) is 36.7 Å². The number of methoxy groups -OCH3 is 1. The first-order chi connectivity index (χ1) is 17.4. The smallest absolute Gasteiger partial charge is 0.344 e. The van der Waals surface area contributed by atoms with Gasteiger partial charge in [-0.15, -0.1) is 0 Å². The van der Waals surface area contributed by atoms with Crippen molar-refractivity contribution in [2.75, 3.05) is 18.0 Å². The van der Waals surface area contributed by atoms with Gasteiger partial charge in [-0.2, -0.15) is 0 Å². The number of carbonyl (C=O) groups excluding carboxylic acids is 1. The fourth-order valence-electron chi connectivity index (χ4n) is 3.48. The van der Waals surface area contributed by atoms with E-state index in [0.717, 1.165) is 4.31 Å². The van der Waals surface area contributed by atoms with Crippen LogP contribution in [0.4, 0.5) is 5.69 Å². The fourth-order valence-corrected chi connectivity index (χ4v) is 4.97. The molecule has 0 radical (unpaired) electrons. The Morgan fingerprint density at radius 3 is 2.14 bits per heavy atom. The van der Waals surface area contributed by atoms with Crippen LogP contribution in [0, 0.1) is 0 Å².